The van der Waals surface area contributed by atoms with Gasteiger partial charge in [0.25, 0.3) is 0 Å². The second-order valence-electron chi connectivity index (χ2n) is 4.58. The molecule has 0 aromatic carbocycles. The highest BCUT2D eigenvalue weighted by molar-refractivity contribution is 5.07. The third-order valence-corrected chi connectivity index (χ3v) is 3.38. The van der Waals surface area contributed by atoms with Crippen LogP contribution in [-0.2, 0) is 0 Å². The lowest BCUT2D eigenvalue weighted by atomic mass is 10.1. The number of hydrogen-bond donors (Lipinski definition) is 1. The Balaban J connectivity index is 1.57. The van der Waals surface area contributed by atoms with Gasteiger partial charge in [0, 0.05) is 6.04 Å². The maximum absolute atomic E-state index is 3.63. The van der Waals surface area contributed by atoms with Gasteiger partial charge in [-0.2, -0.15) is 0 Å². The van der Waals surface area contributed by atoms with Crippen molar-refractivity contribution in [1.82, 2.24) is 5.32 Å². The van der Waals surface area contributed by atoms with Gasteiger partial charge in [0.2, 0.25) is 0 Å². The van der Waals surface area contributed by atoms with Crippen LogP contribution in [0.4, 0.5) is 0 Å². The predicted octanol–water partition coefficient (Wildman–Crippen LogP) is 2.87. The van der Waals surface area contributed by atoms with Crippen molar-refractivity contribution in [3.8, 4) is 0 Å². The van der Waals surface area contributed by atoms with Crippen LogP contribution < -0.4 is 5.32 Å². The molecule has 13 heavy (non-hydrogen) atoms. The molecule has 1 atom stereocenters. The molecule has 0 saturated heterocycles. The van der Waals surface area contributed by atoms with Crippen molar-refractivity contribution in [2.24, 2.45) is 5.92 Å². The first-order valence-electron chi connectivity index (χ1n) is 5.77. The zero-order chi connectivity index (χ0) is 9.10. The molecule has 1 fully saturated rings. The first kappa shape index (κ1) is 9.26. The molecule has 0 aliphatic heterocycles. The lowest BCUT2D eigenvalue weighted by Crippen LogP contribution is -2.28. The van der Waals surface area contributed by atoms with Gasteiger partial charge in [-0.1, -0.05) is 11.6 Å². The molecule has 74 valence electrons. The molecule has 0 radical (unpaired) electrons. The fourth-order valence-corrected chi connectivity index (χ4v) is 2.19. The summed E-state index contributed by atoms with van der Waals surface area (Å²) in [6.07, 6.45) is 10.7. The third kappa shape index (κ3) is 2.84. The molecule has 1 saturated carbocycles. The average molecular weight is 179 g/mol. The molecule has 2 aliphatic carbocycles. The second kappa shape index (κ2) is 4.28. The Bertz CT molecular complexity index is 191. The van der Waals surface area contributed by atoms with Crippen LogP contribution in [0.3, 0.4) is 0 Å². The fraction of sp³-hybridized carbons (Fsp3) is 0.833. The van der Waals surface area contributed by atoms with Gasteiger partial charge in [0.15, 0.2) is 0 Å². The molecular formula is C12H21N. The van der Waals surface area contributed by atoms with Gasteiger partial charge in [0.05, 0.1) is 0 Å². The SMILES string of the molecule is CC(NCCC1=CCCC1)C1CC1. The molecule has 1 heteroatoms. The van der Waals surface area contributed by atoms with Crippen LogP contribution in [0.2, 0.25) is 0 Å². The zero-order valence-electron chi connectivity index (χ0n) is 8.68. The lowest BCUT2D eigenvalue weighted by molar-refractivity contribution is 0.498. The summed E-state index contributed by atoms with van der Waals surface area (Å²) in [4.78, 5) is 0. The van der Waals surface area contributed by atoms with Gasteiger partial charge in [-0.3, -0.25) is 0 Å². The van der Waals surface area contributed by atoms with Crippen molar-refractivity contribution in [2.45, 2.75) is 51.5 Å². The monoisotopic (exact) mass is 179 g/mol. The standard InChI is InChI=1S/C12H21N/c1-10(12-6-7-12)13-9-8-11-4-2-3-5-11/h4,10,12-13H,2-3,5-9H2,1H3. The quantitative estimate of drug-likeness (QED) is 0.640. The van der Waals surface area contributed by atoms with Crippen molar-refractivity contribution < 1.29 is 0 Å². The smallest absolute Gasteiger partial charge is 0.00671 e. The summed E-state index contributed by atoms with van der Waals surface area (Å²) in [6.45, 7) is 3.53. The summed E-state index contributed by atoms with van der Waals surface area (Å²) in [7, 11) is 0. The van der Waals surface area contributed by atoms with Crippen LogP contribution >= 0.6 is 0 Å². The minimum absolute atomic E-state index is 0.766. The van der Waals surface area contributed by atoms with Gasteiger partial charge in [-0.25, -0.2) is 0 Å². The topological polar surface area (TPSA) is 12.0 Å². The Labute approximate surface area is 81.6 Å². The molecule has 0 aromatic heterocycles. The average Bonchev–Trinajstić information content (AvgIpc) is 2.86. The Morgan fingerprint density at radius 1 is 1.54 bits per heavy atom. The Hall–Kier alpha value is -0.300. The van der Waals surface area contributed by atoms with E-state index in [0.717, 1.165) is 12.0 Å². The maximum Gasteiger partial charge on any atom is 0.00671 e. The molecule has 1 unspecified atom stereocenters. The summed E-state index contributed by atoms with van der Waals surface area (Å²) in [6, 6.07) is 0.766. The van der Waals surface area contributed by atoms with E-state index in [1.807, 2.05) is 0 Å². The molecule has 2 aliphatic rings. The predicted molar refractivity (Wildman–Crippen MR) is 56.7 cm³/mol. The Morgan fingerprint density at radius 2 is 2.38 bits per heavy atom. The Kier molecular flexibility index (Phi) is 3.05. The molecule has 1 nitrogen and oxygen atoms in total. The van der Waals surface area contributed by atoms with Crippen LogP contribution in [0.1, 0.15) is 45.4 Å². The summed E-state index contributed by atoms with van der Waals surface area (Å²) in [5.41, 5.74) is 1.69. The van der Waals surface area contributed by atoms with Crippen LogP contribution in [0.25, 0.3) is 0 Å². The van der Waals surface area contributed by atoms with E-state index in [-0.39, 0.29) is 0 Å². The van der Waals surface area contributed by atoms with Crippen molar-refractivity contribution in [3.05, 3.63) is 11.6 Å². The van der Waals surface area contributed by atoms with E-state index in [9.17, 15) is 0 Å². The van der Waals surface area contributed by atoms with E-state index in [4.69, 9.17) is 0 Å². The Morgan fingerprint density at radius 3 is 3.00 bits per heavy atom. The largest absolute Gasteiger partial charge is 0.314 e. The van der Waals surface area contributed by atoms with Crippen molar-refractivity contribution in [2.75, 3.05) is 6.54 Å². The lowest BCUT2D eigenvalue weighted by Gasteiger charge is -2.12. The third-order valence-electron chi connectivity index (χ3n) is 3.38. The second-order valence-corrected chi connectivity index (χ2v) is 4.58. The molecular weight excluding hydrogens is 158 g/mol. The highest BCUT2D eigenvalue weighted by Crippen LogP contribution is 2.32. The van der Waals surface area contributed by atoms with Crippen LogP contribution in [-0.4, -0.2) is 12.6 Å². The zero-order valence-corrected chi connectivity index (χ0v) is 8.68. The number of hydrogen-bond acceptors (Lipinski definition) is 1. The molecule has 0 amide bonds. The van der Waals surface area contributed by atoms with E-state index in [2.05, 4.69) is 18.3 Å². The summed E-state index contributed by atoms with van der Waals surface area (Å²) in [5, 5.41) is 3.63. The van der Waals surface area contributed by atoms with E-state index in [1.165, 1.54) is 45.1 Å². The van der Waals surface area contributed by atoms with Gasteiger partial charge in [-0.15, -0.1) is 0 Å². The molecule has 1 N–H and O–H groups in total. The summed E-state index contributed by atoms with van der Waals surface area (Å²) >= 11 is 0. The van der Waals surface area contributed by atoms with Gasteiger partial charge >= 0.3 is 0 Å². The van der Waals surface area contributed by atoms with Crippen LogP contribution in [0.5, 0.6) is 0 Å². The minimum Gasteiger partial charge on any atom is -0.314 e. The first-order chi connectivity index (χ1) is 6.36. The van der Waals surface area contributed by atoms with Gasteiger partial charge in [-0.05, 0) is 57.9 Å². The molecule has 0 heterocycles. The highest BCUT2D eigenvalue weighted by atomic mass is 14.9. The molecule has 0 bridgehead atoms. The van der Waals surface area contributed by atoms with Crippen LogP contribution in [0, 0.1) is 5.92 Å². The number of rotatable bonds is 5. The fourth-order valence-electron chi connectivity index (χ4n) is 2.19. The van der Waals surface area contributed by atoms with E-state index in [1.54, 1.807) is 5.57 Å². The van der Waals surface area contributed by atoms with Crippen molar-refractivity contribution >= 4 is 0 Å². The van der Waals surface area contributed by atoms with E-state index < -0.39 is 0 Å². The van der Waals surface area contributed by atoms with E-state index >= 15 is 0 Å². The highest BCUT2D eigenvalue weighted by Gasteiger charge is 2.27. The maximum atomic E-state index is 3.63. The molecule has 2 rings (SSSR count). The summed E-state index contributed by atoms with van der Waals surface area (Å²) < 4.78 is 0. The molecule has 0 spiro atoms. The van der Waals surface area contributed by atoms with Gasteiger partial charge in [0.1, 0.15) is 0 Å². The summed E-state index contributed by atoms with van der Waals surface area (Å²) in [5.74, 6) is 0.998. The first-order valence-corrected chi connectivity index (χ1v) is 5.77. The van der Waals surface area contributed by atoms with Gasteiger partial charge < -0.3 is 5.32 Å². The molecule has 0 aromatic rings. The van der Waals surface area contributed by atoms with Crippen LogP contribution in [0.15, 0.2) is 11.6 Å². The minimum atomic E-state index is 0.766. The van der Waals surface area contributed by atoms with E-state index in [0.29, 0.717) is 0 Å². The number of nitrogens with one attached hydrogen (secondary N) is 1. The van der Waals surface area contributed by atoms with Crippen molar-refractivity contribution in [1.29, 1.82) is 0 Å². The van der Waals surface area contributed by atoms with Crippen molar-refractivity contribution in [3.63, 3.8) is 0 Å². The normalized spacial score (nSPS) is 24.5. The number of allylic oxidation sites excluding steroid dienone is 1.